The Hall–Kier alpha value is -0.120. The van der Waals surface area contributed by atoms with Crippen LogP contribution >= 0.6 is 0 Å². The molecule has 2 aliphatic rings. The molecule has 3 heteroatoms. The Morgan fingerprint density at radius 1 is 1.44 bits per heavy atom. The molecule has 2 fully saturated rings. The Kier molecular flexibility index (Phi) is 3.30. The average molecular weight is 228 g/mol. The van der Waals surface area contributed by atoms with E-state index < -0.39 is 5.60 Å². The largest absolute Gasteiger partial charge is 0.390 e. The van der Waals surface area contributed by atoms with Crippen molar-refractivity contribution in [3.63, 3.8) is 0 Å². The lowest BCUT2D eigenvalue weighted by atomic mass is 9.69. The second-order valence-electron chi connectivity index (χ2n) is 5.89. The lowest BCUT2D eigenvalue weighted by molar-refractivity contribution is -0.180. The van der Waals surface area contributed by atoms with E-state index in [9.17, 15) is 5.11 Å². The third-order valence-electron chi connectivity index (χ3n) is 4.48. The van der Waals surface area contributed by atoms with Crippen LogP contribution in [-0.2, 0) is 9.47 Å². The minimum absolute atomic E-state index is 0.105. The van der Waals surface area contributed by atoms with E-state index >= 15 is 0 Å². The minimum atomic E-state index is -0.451. The fourth-order valence-corrected chi connectivity index (χ4v) is 2.94. The van der Waals surface area contributed by atoms with Crippen molar-refractivity contribution in [2.75, 3.05) is 13.7 Å². The van der Waals surface area contributed by atoms with Gasteiger partial charge >= 0.3 is 0 Å². The number of aliphatic hydroxyl groups excluding tert-OH is 1. The van der Waals surface area contributed by atoms with Crippen LogP contribution in [0.15, 0.2) is 0 Å². The summed E-state index contributed by atoms with van der Waals surface area (Å²) in [7, 11) is 1.67. The van der Waals surface area contributed by atoms with Gasteiger partial charge in [0.1, 0.15) is 0 Å². The summed E-state index contributed by atoms with van der Waals surface area (Å²) in [5.41, 5.74) is -0.347. The van der Waals surface area contributed by atoms with Crippen LogP contribution in [0.25, 0.3) is 0 Å². The highest BCUT2D eigenvalue weighted by Crippen LogP contribution is 2.46. The van der Waals surface area contributed by atoms with Gasteiger partial charge in [0.2, 0.25) is 0 Å². The zero-order chi connectivity index (χ0) is 11.8. The van der Waals surface area contributed by atoms with Crippen LogP contribution in [0.5, 0.6) is 0 Å². The first-order valence-corrected chi connectivity index (χ1v) is 6.36. The molecule has 16 heavy (non-hydrogen) atoms. The van der Waals surface area contributed by atoms with Gasteiger partial charge in [0.05, 0.1) is 17.3 Å². The SMILES string of the molecule is COC(C)(C)C(O)C1CCOC2(CCC2)C1. The first-order valence-electron chi connectivity index (χ1n) is 6.36. The standard InChI is InChI=1S/C13H24O3/c1-12(2,15-3)11(14)10-5-8-16-13(9-10)6-4-7-13/h10-11,14H,4-9H2,1-3H3. The molecule has 0 bridgehead atoms. The highest BCUT2D eigenvalue weighted by molar-refractivity contribution is 4.97. The van der Waals surface area contributed by atoms with E-state index in [4.69, 9.17) is 9.47 Å². The van der Waals surface area contributed by atoms with Gasteiger partial charge in [-0.25, -0.2) is 0 Å². The monoisotopic (exact) mass is 228 g/mol. The van der Waals surface area contributed by atoms with E-state index in [1.165, 1.54) is 19.3 Å². The van der Waals surface area contributed by atoms with Crippen molar-refractivity contribution in [2.24, 2.45) is 5.92 Å². The maximum atomic E-state index is 10.4. The number of hydrogen-bond donors (Lipinski definition) is 1. The molecule has 1 spiro atoms. The van der Waals surface area contributed by atoms with E-state index in [2.05, 4.69) is 0 Å². The molecule has 0 radical (unpaired) electrons. The van der Waals surface area contributed by atoms with Gasteiger partial charge in [0.15, 0.2) is 0 Å². The van der Waals surface area contributed by atoms with Gasteiger partial charge in [-0.05, 0) is 51.9 Å². The van der Waals surface area contributed by atoms with Crippen LogP contribution in [0.1, 0.15) is 46.0 Å². The Morgan fingerprint density at radius 3 is 2.62 bits per heavy atom. The van der Waals surface area contributed by atoms with Crippen LogP contribution in [-0.4, -0.2) is 36.1 Å². The fraction of sp³-hybridized carbons (Fsp3) is 1.00. The Labute approximate surface area is 98.1 Å². The zero-order valence-electron chi connectivity index (χ0n) is 10.7. The van der Waals surface area contributed by atoms with Crippen molar-refractivity contribution in [3.8, 4) is 0 Å². The molecule has 1 N–H and O–H groups in total. The molecular formula is C13H24O3. The molecule has 0 aromatic carbocycles. The van der Waals surface area contributed by atoms with Crippen LogP contribution in [0.2, 0.25) is 0 Å². The number of aliphatic hydroxyl groups is 1. The highest BCUT2D eigenvalue weighted by atomic mass is 16.5. The second-order valence-corrected chi connectivity index (χ2v) is 5.89. The first kappa shape index (κ1) is 12.3. The van der Waals surface area contributed by atoms with E-state index in [1.54, 1.807) is 7.11 Å². The predicted molar refractivity (Wildman–Crippen MR) is 62.4 cm³/mol. The summed E-state index contributed by atoms with van der Waals surface area (Å²) >= 11 is 0. The molecule has 0 aromatic heterocycles. The lowest BCUT2D eigenvalue weighted by Gasteiger charge is -2.49. The first-order chi connectivity index (χ1) is 7.49. The van der Waals surface area contributed by atoms with Crippen molar-refractivity contribution in [2.45, 2.75) is 63.3 Å². The third kappa shape index (κ3) is 2.13. The molecule has 1 saturated heterocycles. The van der Waals surface area contributed by atoms with Crippen LogP contribution in [0.4, 0.5) is 0 Å². The topological polar surface area (TPSA) is 38.7 Å². The van der Waals surface area contributed by atoms with Crippen molar-refractivity contribution in [1.82, 2.24) is 0 Å². The molecule has 1 aliphatic heterocycles. The van der Waals surface area contributed by atoms with E-state index in [0.717, 1.165) is 19.4 Å². The fourth-order valence-electron chi connectivity index (χ4n) is 2.94. The van der Waals surface area contributed by atoms with Gasteiger partial charge in [-0.15, -0.1) is 0 Å². The molecule has 0 amide bonds. The summed E-state index contributed by atoms with van der Waals surface area (Å²) in [4.78, 5) is 0. The summed E-state index contributed by atoms with van der Waals surface area (Å²) in [6, 6.07) is 0. The summed E-state index contributed by atoms with van der Waals surface area (Å²) in [6.45, 7) is 4.71. The zero-order valence-corrected chi connectivity index (χ0v) is 10.7. The Bertz CT molecular complexity index is 246. The lowest BCUT2D eigenvalue weighted by Crippen LogP contribution is -2.52. The van der Waals surface area contributed by atoms with Gasteiger partial charge in [0, 0.05) is 13.7 Å². The number of rotatable bonds is 3. The van der Waals surface area contributed by atoms with Gasteiger partial charge in [-0.3, -0.25) is 0 Å². The predicted octanol–water partition coefficient (Wildman–Crippen LogP) is 2.12. The maximum Gasteiger partial charge on any atom is 0.0883 e. The second kappa shape index (κ2) is 4.28. The Balaban J connectivity index is 1.98. The Morgan fingerprint density at radius 2 is 2.12 bits per heavy atom. The molecule has 2 rings (SSSR count). The van der Waals surface area contributed by atoms with E-state index in [-0.39, 0.29) is 11.7 Å². The minimum Gasteiger partial charge on any atom is -0.390 e. The van der Waals surface area contributed by atoms with Crippen LogP contribution in [0.3, 0.4) is 0 Å². The molecule has 2 atom stereocenters. The molecular weight excluding hydrogens is 204 g/mol. The smallest absolute Gasteiger partial charge is 0.0883 e. The third-order valence-corrected chi connectivity index (χ3v) is 4.48. The van der Waals surface area contributed by atoms with E-state index in [0.29, 0.717) is 5.92 Å². The van der Waals surface area contributed by atoms with Crippen molar-refractivity contribution >= 4 is 0 Å². The summed E-state index contributed by atoms with van der Waals surface area (Å²) in [6.07, 6.45) is 5.18. The van der Waals surface area contributed by atoms with Crippen LogP contribution in [0, 0.1) is 5.92 Å². The normalized spacial score (nSPS) is 31.1. The van der Waals surface area contributed by atoms with Crippen molar-refractivity contribution in [3.05, 3.63) is 0 Å². The quantitative estimate of drug-likeness (QED) is 0.804. The molecule has 1 saturated carbocycles. The summed E-state index contributed by atoms with van der Waals surface area (Å²) in [5.74, 6) is 0.323. The number of hydrogen-bond acceptors (Lipinski definition) is 3. The molecule has 0 aromatic rings. The highest BCUT2D eigenvalue weighted by Gasteiger charge is 2.46. The van der Waals surface area contributed by atoms with E-state index in [1.807, 2.05) is 13.8 Å². The van der Waals surface area contributed by atoms with Gasteiger partial charge < -0.3 is 14.6 Å². The molecule has 94 valence electrons. The van der Waals surface area contributed by atoms with Crippen LogP contribution < -0.4 is 0 Å². The molecule has 2 unspecified atom stereocenters. The number of ether oxygens (including phenoxy) is 2. The number of methoxy groups -OCH3 is 1. The summed E-state index contributed by atoms with van der Waals surface area (Å²) < 4.78 is 11.3. The van der Waals surface area contributed by atoms with Gasteiger partial charge in [-0.2, -0.15) is 0 Å². The molecule has 1 aliphatic carbocycles. The molecule has 3 nitrogen and oxygen atoms in total. The van der Waals surface area contributed by atoms with Crippen molar-refractivity contribution < 1.29 is 14.6 Å². The summed E-state index contributed by atoms with van der Waals surface area (Å²) in [5, 5.41) is 10.4. The van der Waals surface area contributed by atoms with Gasteiger partial charge in [-0.1, -0.05) is 0 Å². The molecule has 1 heterocycles. The maximum absolute atomic E-state index is 10.4. The average Bonchev–Trinajstić information content (AvgIpc) is 2.26. The van der Waals surface area contributed by atoms with Crippen molar-refractivity contribution in [1.29, 1.82) is 0 Å². The van der Waals surface area contributed by atoms with Gasteiger partial charge in [0.25, 0.3) is 0 Å².